The molecular weight excluding hydrogens is 490 g/mol. The van der Waals surface area contributed by atoms with Gasteiger partial charge in [0.2, 0.25) is 10.0 Å². The van der Waals surface area contributed by atoms with Crippen molar-refractivity contribution in [3.8, 4) is 5.75 Å². The highest BCUT2D eigenvalue weighted by Crippen LogP contribution is 2.36. The number of hydrogen-bond donors (Lipinski definition) is 3. The number of H-pyrrole nitrogens is 1. The van der Waals surface area contributed by atoms with Gasteiger partial charge in [-0.2, -0.15) is 5.10 Å². The maximum Gasteiger partial charge on any atom is 0.514 e. The SMILES string of the molecule is O=C(Oc1ccc([N+](=O)[O-])cc1)O[C@@H]1CC[C@H](c2cc(Nc3ccc4c(c3)CCNS4(=O)=O)[nH]n2)C1. The van der Waals surface area contributed by atoms with E-state index >= 15 is 0 Å². The summed E-state index contributed by atoms with van der Waals surface area (Å²) < 4.78 is 37.3. The van der Waals surface area contributed by atoms with Crippen LogP contribution in [0.5, 0.6) is 5.75 Å². The monoisotopic (exact) mass is 513 g/mol. The average Bonchev–Trinajstić information content (AvgIpc) is 3.48. The number of aromatic amines is 1. The number of carbonyl (C=O) groups excluding carboxylic acids is 1. The molecule has 188 valence electrons. The van der Waals surface area contributed by atoms with Crippen LogP contribution >= 0.6 is 0 Å². The Morgan fingerprint density at radius 3 is 2.72 bits per heavy atom. The number of ether oxygens (including phenoxy) is 2. The third-order valence-electron chi connectivity index (χ3n) is 6.23. The van der Waals surface area contributed by atoms with E-state index in [1.54, 1.807) is 12.1 Å². The fraction of sp³-hybridized carbons (Fsp3) is 0.304. The predicted octanol–water partition coefficient (Wildman–Crippen LogP) is 3.75. The van der Waals surface area contributed by atoms with Gasteiger partial charge in [0.15, 0.2) is 0 Å². The first-order chi connectivity index (χ1) is 17.3. The smallest absolute Gasteiger partial charge is 0.431 e. The Balaban J connectivity index is 1.15. The van der Waals surface area contributed by atoms with Crippen LogP contribution in [0.4, 0.5) is 22.0 Å². The molecule has 0 radical (unpaired) electrons. The lowest BCUT2D eigenvalue weighted by atomic mass is 10.0. The van der Waals surface area contributed by atoms with Crippen LogP contribution in [0.15, 0.2) is 53.4 Å². The highest BCUT2D eigenvalue weighted by atomic mass is 32.2. The molecule has 0 bridgehead atoms. The Morgan fingerprint density at radius 1 is 1.14 bits per heavy atom. The molecule has 1 aromatic heterocycles. The van der Waals surface area contributed by atoms with Gasteiger partial charge in [-0.15, -0.1) is 0 Å². The Labute approximate surface area is 206 Å². The molecule has 36 heavy (non-hydrogen) atoms. The molecule has 2 atom stereocenters. The molecule has 2 aromatic carbocycles. The van der Waals surface area contributed by atoms with Gasteiger partial charge in [-0.1, -0.05) is 0 Å². The fourth-order valence-corrected chi connectivity index (χ4v) is 5.77. The molecular formula is C23H23N5O7S. The molecule has 13 heteroatoms. The molecule has 0 spiro atoms. The van der Waals surface area contributed by atoms with Gasteiger partial charge in [0.25, 0.3) is 5.69 Å². The fourth-order valence-electron chi connectivity index (χ4n) is 4.49. The first kappa shape index (κ1) is 23.8. The van der Waals surface area contributed by atoms with E-state index in [4.69, 9.17) is 9.47 Å². The molecule has 1 fully saturated rings. The standard InChI is InChI=1S/C23H23N5O7S/c29-23(34-18-6-3-17(4-7-18)28(30)31)35-19-5-1-14(12-19)20-13-22(27-26-20)25-16-2-8-21-15(11-16)9-10-24-36(21,32)33/h2-4,6-8,11,13-14,19,24H,1,5,9-10,12H2,(H2,25,26,27)/t14-,19+/m0/s1. The number of nitrogens with zero attached hydrogens (tertiary/aromatic N) is 2. The van der Waals surface area contributed by atoms with Crippen LogP contribution in [0.2, 0.25) is 0 Å². The first-order valence-electron chi connectivity index (χ1n) is 11.3. The summed E-state index contributed by atoms with van der Waals surface area (Å²) in [7, 11) is -3.44. The number of nitro benzene ring substituents is 1. The predicted molar refractivity (Wildman–Crippen MR) is 128 cm³/mol. The molecule has 0 saturated heterocycles. The summed E-state index contributed by atoms with van der Waals surface area (Å²) in [6.45, 7) is 0.374. The number of carbonyl (C=O) groups is 1. The molecule has 1 aliphatic carbocycles. The maximum absolute atomic E-state index is 12.1. The van der Waals surface area contributed by atoms with E-state index in [1.807, 2.05) is 12.1 Å². The zero-order chi connectivity index (χ0) is 25.3. The van der Waals surface area contributed by atoms with Crippen LogP contribution < -0.4 is 14.8 Å². The number of rotatable bonds is 6. The first-order valence-corrected chi connectivity index (χ1v) is 12.8. The number of benzene rings is 2. The zero-order valence-corrected chi connectivity index (χ0v) is 19.8. The van der Waals surface area contributed by atoms with Crippen LogP contribution in [-0.4, -0.2) is 42.3 Å². The van der Waals surface area contributed by atoms with Gasteiger partial charge in [0.05, 0.1) is 15.5 Å². The van der Waals surface area contributed by atoms with Crippen molar-refractivity contribution in [1.82, 2.24) is 14.9 Å². The third kappa shape index (κ3) is 5.16. The van der Waals surface area contributed by atoms with Crippen LogP contribution in [0.1, 0.15) is 36.4 Å². The van der Waals surface area contributed by atoms with E-state index in [-0.39, 0.29) is 23.5 Å². The minimum absolute atomic E-state index is 0.0914. The van der Waals surface area contributed by atoms with Crippen molar-refractivity contribution in [2.45, 2.75) is 42.6 Å². The van der Waals surface area contributed by atoms with Gasteiger partial charge >= 0.3 is 6.16 Å². The van der Waals surface area contributed by atoms with Crippen LogP contribution in [-0.2, 0) is 21.2 Å². The minimum atomic E-state index is -3.44. The van der Waals surface area contributed by atoms with Crippen LogP contribution in [0.25, 0.3) is 0 Å². The van der Waals surface area contributed by atoms with Crippen molar-refractivity contribution in [3.05, 3.63) is 69.9 Å². The van der Waals surface area contributed by atoms with E-state index in [0.717, 1.165) is 23.4 Å². The number of aromatic nitrogens is 2. The number of anilines is 2. The summed E-state index contributed by atoms with van der Waals surface area (Å²) >= 11 is 0. The molecule has 2 aliphatic rings. The lowest BCUT2D eigenvalue weighted by Crippen LogP contribution is -2.31. The van der Waals surface area contributed by atoms with Crippen molar-refractivity contribution in [2.24, 2.45) is 0 Å². The average molecular weight is 514 g/mol. The number of nitrogens with one attached hydrogen (secondary N) is 3. The number of hydrogen-bond acceptors (Lipinski definition) is 9. The van der Waals surface area contributed by atoms with Gasteiger partial charge in [-0.05, 0) is 61.6 Å². The van der Waals surface area contributed by atoms with E-state index in [2.05, 4.69) is 20.2 Å². The highest BCUT2D eigenvalue weighted by molar-refractivity contribution is 7.89. The Kier molecular flexibility index (Phi) is 6.33. The summed E-state index contributed by atoms with van der Waals surface area (Å²) in [4.78, 5) is 22.6. The normalized spacial score (nSPS) is 20.3. The van der Waals surface area contributed by atoms with Crippen LogP contribution in [0.3, 0.4) is 0 Å². The molecule has 2 heterocycles. The summed E-state index contributed by atoms with van der Waals surface area (Å²) in [6, 6.07) is 12.2. The molecule has 12 nitrogen and oxygen atoms in total. The Hall–Kier alpha value is -3.97. The number of sulfonamides is 1. The van der Waals surface area contributed by atoms with E-state index < -0.39 is 21.1 Å². The van der Waals surface area contributed by atoms with Gasteiger partial charge < -0.3 is 14.8 Å². The topological polar surface area (TPSA) is 166 Å². The summed E-state index contributed by atoms with van der Waals surface area (Å²) in [5, 5.41) is 21.3. The second-order valence-corrected chi connectivity index (χ2v) is 10.4. The van der Waals surface area contributed by atoms with E-state index in [9.17, 15) is 23.3 Å². The summed E-state index contributed by atoms with van der Waals surface area (Å²) in [6.07, 6.45) is 1.46. The van der Waals surface area contributed by atoms with Gasteiger partial charge in [-0.25, -0.2) is 17.9 Å². The lowest BCUT2D eigenvalue weighted by Gasteiger charge is -2.18. The zero-order valence-electron chi connectivity index (χ0n) is 19.0. The molecule has 0 unspecified atom stereocenters. The Bertz CT molecular complexity index is 1400. The van der Waals surface area contributed by atoms with Crippen molar-refractivity contribution in [3.63, 3.8) is 0 Å². The second-order valence-electron chi connectivity index (χ2n) is 8.65. The molecule has 5 rings (SSSR count). The highest BCUT2D eigenvalue weighted by Gasteiger charge is 2.31. The van der Waals surface area contributed by atoms with Crippen molar-refractivity contribution >= 4 is 33.4 Å². The lowest BCUT2D eigenvalue weighted by molar-refractivity contribution is -0.384. The summed E-state index contributed by atoms with van der Waals surface area (Å²) in [5.74, 6) is 0.927. The van der Waals surface area contributed by atoms with E-state index in [1.165, 1.54) is 24.3 Å². The molecule has 3 N–H and O–H groups in total. The Morgan fingerprint density at radius 2 is 1.94 bits per heavy atom. The minimum Gasteiger partial charge on any atom is -0.431 e. The van der Waals surface area contributed by atoms with Crippen molar-refractivity contribution in [2.75, 3.05) is 11.9 Å². The number of fused-ring (bicyclic) bond motifs is 1. The maximum atomic E-state index is 12.1. The molecule has 1 saturated carbocycles. The summed E-state index contributed by atoms with van der Waals surface area (Å²) in [5.41, 5.74) is 2.24. The molecule has 3 aromatic rings. The van der Waals surface area contributed by atoms with Crippen LogP contribution in [0, 0.1) is 10.1 Å². The van der Waals surface area contributed by atoms with Crippen molar-refractivity contribution < 1.29 is 27.6 Å². The number of non-ortho nitro benzene ring substituents is 1. The number of nitro groups is 1. The van der Waals surface area contributed by atoms with Gasteiger partial charge in [0.1, 0.15) is 17.7 Å². The molecule has 1 aliphatic heterocycles. The largest absolute Gasteiger partial charge is 0.514 e. The van der Waals surface area contributed by atoms with E-state index in [0.29, 0.717) is 36.5 Å². The third-order valence-corrected chi connectivity index (χ3v) is 7.79. The van der Waals surface area contributed by atoms with Gasteiger partial charge in [0, 0.05) is 36.3 Å². The van der Waals surface area contributed by atoms with Crippen molar-refractivity contribution in [1.29, 1.82) is 0 Å². The molecule has 0 amide bonds. The van der Waals surface area contributed by atoms with Gasteiger partial charge in [-0.3, -0.25) is 15.2 Å². The quantitative estimate of drug-likeness (QED) is 0.193. The second kappa shape index (κ2) is 9.59.